The molecule has 0 spiro atoms. The van der Waals surface area contributed by atoms with E-state index in [1.807, 2.05) is 0 Å². The van der Waals surface area contributed by atoms with Crippen molar-refractivity contribution in [3.8, 4) is 0 Å². The first-order valence-electron chi connectivity index (χ1n) is 5.51. The Bertz CT molecular complexity index is 352. The third-order valence-electron chi connectivity index (χ3n) is 3.46. The molecule has 0 saturated carbocycles. The molecule has 1 heterocycles. The monoisotopic (exact) mass is 205 g/mol. The summed E-state index contributed by atoms with van der Waals surface area (Å²) in [6.45, 7) is 10.3. The van der Waals surface area contributed by atoms with E-state index in [9.17, 15) is 0 Å². The summed E-state index contributed by atoms with van der Waals surface area (Å²) < 4.78 is 5.70. The third-order valence-corrected chi connectivity index (χ3v) is 3.46. The molecule has 1 aromatic rings. The van der Waals surface area contributed by atoms with Crippen molar-refractivity contribution in [2.45, 2.75) is 33.8 Å². The van der Waals surface area contributed by atoms with Gasteiger partial charge in [0, 0.05) is 6.54 Å². The zero-order valence-electron chi connectivity index (χ0n) is 9.98. The maximum absolute atomic E-state index is 5.70. The van der Waals surface area contributed by atoms with E-state index in [0.29, 0.717) is 6.73 Å². The Balaban J connectivity index is 2.52. The first-order valence-corrected chi connectivity index (χ1v) is 5.51. The van der Waals surface area contributed by atoms with Crippen LogP contribution in [-0.2, 0) is 4.74 Å². The van der Waals surface area contributed by atoms with Gasteiger partial charge in [0.2, 0.25) is 0 Å². The Morgan fingerprint density at radius 1 is 1.13 bits per heavy atom. The van der Waals surface area contributed by atoms with E-state index < -0.39 is 0 Å². The van der Waals surface area contributed by atoms with Crippen LogP contribution in [0.2, 0.25) is 0 Å². The SMILES string of the molecule is Cc1cc(C)c(C)c(C2CNCO2)c1C. The molecule has 1 aliphatic rings. The predicted octanol–water partition coefficient (Wildman–Crippen LogP) is 2.54. The molecule has 0 bridgehead atoms. The molecule has 15 heavy (non-hydrogen) atoms. The summed E-state index contributed by atoms with van der Waals surface area (Å²) in [6.07, 6.45) is 0.239. The van der Waals surface area contributed by atoms with Crippen LogP contribution in [0.5, 0.6) is 0 Å². The number of hydrogen-bond donors (Lipinski definition) is 1. The fraction of sp³-hybridized carbons (Fsp3) is 0.538. The zero-order chi connectivity index (χ0) is 11.0. The Labute approximate surface area is 91.6 Å². The minimum absolute atomic E-state index is 0.239. The number of nitrogens with one attached hydrogen (secondary N) is 1. The lowest BCUT2D eigenvalue weighted by molar-refractivity contribution is 0.113. The van der Waals surface area contributed by atoms with Crippen molar-refractivity contribution in [2.75, 3.05) is 13.3 Å². The molecule has 1 unspecified atom stereocenters. The highest BCUT2D eigenvalue weighted by atomic mass is 16.5. The van der Waals surface area contributed by atoms with Crippen molar-refractivity contribution in [1.29, 1.82) is 0 Å². The van der Waals surface area contributed by atoms with E-state index in [4.69, 9.17) is 4.74 Å². The molecule has 1 N–H and O–H groups in total. The van der Waals surface area contributed by atoms with Crippen molar-refractivity contribution >= 4 is 0 Å². The highest BCUT2D eigenvalue weighted by Crippen LogP contribution is 2.30. The van der Waals surface area contributed by atoms with Crippen molar-refractivity contribution in [3.05, 3.63) is 33.9 Å². The number of benzene rings is 1. The first-order chi connectivity index (χ1) is 7.11. The minimum atomic E-state index is 0.239. The Hall–Kier alpha value is -0.860. The van der Waals surface area contributed by atoms with Gasteiger partial charge >= 0.3 is 0 Å². The van der Waals surface area contributed by atoms with Crippen LogP contribution in [0.3, 0.4) is 0 Å². The van der Waals surface area contributed by atoms with Gasteiger partial charge in [0.1, 0.15) is 0 Å². The lowest BCUT2D eigenvalue weighted by atomic mass is 9.91. The molecule has 2 nitrogen and oxygen atoms in total. The van der Waals surface area contributed by atoms with Crippen molar-refractivity contribution in [2.24, 2.45) is 0 Å². The topological polar surface area (TPSA) is 21.3 Å². The minimum Gasteiger partial charge on any atom is -0.357 e. The van der Waals surface area contributed by atoms with Gasteiger partial charge in [-0.25, -0.2) is 0 Å². The van der Waals surface area contributed by atoms with E-state index in [1.54, 1.807) is 0 Å². The van der Waals surface area contributed by atoms with E-state index in [2.05, 4.69) is 39.1 Å². The maximum atomic E-state index is 5.70. The summed E-state index contributed by atoms with van der Waals surface area (Å²) in [5.41, 5.74) is 6.88. The number of aryl methyl sites for hydroxylation is 2. The molecule has 82 valence electrons. The first kappa shape index (κ1) is 10.7. The highest BCUT2D eigenvalue weighted by molar-refractivity contribution is 5.45. The second-order valence-electron chi connectivity index (χ2n) is 4.43. The Kier molecular flexibility index (Phi) is 2.81. The fourth-order valence-electron chi connectivity index (χ4n) is 2.32. The second-order valence-corrected chi connectivity index (χ2v) is 4.43. The smallest absolute Gasteiger partial charge is 0.0975 e. The molecule has 1 atom stereocenters. The van der Waals surface area contributed by atoms with Crippen LogP contribution < -0.4 is 5.32 Å². The van der Waals surface area contributed by atoms with Crippen LogP contribution >= 0.6 is 0 Å². The normalized spacial score (nSPS) is 20.9. The van der Waals surface area contributed by atoms with Crippen LogP contribution in [0.1, 0.15) is 33.9 Å². The Morgan fingerprint density at radius 3 is 2.20 bits per heavy atom. The van der Waals surface area contributed by atoms with Gasteiger partial charge in [-0.05, 0) is 55.5 Å². The average molecular weight is 205 g/mol. The standard InChI is InChI=1S/C13H19NO/c1-8-5-9(2)11(4)13(10(8)3)12-6-14-7-15-12/h5,12,14H,6-7H2,1-4H3. The molecule has 1 fully saturated rings. The lowest BCUT2D eigenvalue weighted by Crippen LogP contribution is -2.11. The van der Waals surface area contributed by atoms with Crippen LogP contribution in [0.4, 0.5) is 0 Å². The fourth-order valence-corrected chi connectivity index (χ4v) is 2.32. The molecule has 1 aliphatic heterocycles. The molecule has 1 aromatic carbocycles. The maximum Gasteiger partial charge on any atom is 0.0975 e. The summed E-state index contributed by atoms with van der Waals surface area (Å²) in [7, 11) is 0. The van der Waals surface area contributed by atoms with E-state index in [0.717, 1.165) is 6.54 Å². The summed E-state index contributed by atoms with van der Waals surface area (Å²) in [5.74, 6) is 0. The Morgan fingerprint density at radius 2 is 1.73 bits per heavy atom. The average Bonchev–Trinajstić information content (AvgIpc) is 2.69. The van der Waals surface area contributed by atoms with Crippen molar-refractivity contribution < 1.29 is 4.74 Å². The molecular weight excluding hydrogens is 186 g/mol. The van der Waals surface area contributed by atoms with Gasteiger partial charge in [0.15, 0.2) is 0 Å². The quantitative estimate of drug-likeness (QED) is 0.760. The summed E-state index contributed by atoms with van der Waals surface area (Å²) in [6, 6.07) is 2.26. The number of ether oxygens (including phenoxy) is 1. The van der Waals surface area contributed by atoms with Gasteiger partial charge in [-0.2, -0.15) is 0 Å². The molecule has 0 radical (unpaired) electrons. The summed E-state index contributed by atoms with van der Waals surface area (Å²) in [5, 5.41) is 3.24. The second kappa shape index (κ2) is 3.95. The van der Waals surface area contributed by atoms with E-state index >= 15 is 0 Å². The van der Waals surface area contributed by atoms with Gasteiger partial charge in [0.25, 0.3) is 0 Å². The number of rotatable bonds is 1. The largest absolute Gasteiger partial charge is 0.357 e. The van der Waals surface area contributed by atoms with Crippen LogP contribution in [0, 0.1) is 27.7 Å². The number of hydrogen-bond acceptors (Lipinski definition) is 2. The van der Waals surface area contributed by atoms with Gasteiger partial charge in [0.05, 0.1) is 12.8 Å². The summed E-state index contributed by atoms with van der Waals surface area (Å²) in [4.78, 5) is 0. The molecule has 0 aliphatic carbocycles. The lowest BCUT2D eigenvalue weighted by Gasteiger charge is -2.19. The van der Waals surface area contributed by atoms with Gasteiger partial charge in [-0.1, -0.05) is 6.07 Å². The van der Waals surface area contributed by atoms with Gasteiger partial charge in [-0.3, -0.25) is 5.32 Å². The molecule has 2 heteroatoms. The molecule has 0 amide bonds. The van der Waals surface area contributed by atoms with Gasteiger partial charge < -0.3 is 4.74 Å². The molecule has 1 saturated heterocycles. The van der Waals surface area contributed by atoms with Crippen LogP contribution in [0.25, 0.3) is 0 Å². The molecule has 2 rings (SSSR count). The zero-order valence-corrected chi connectivity index (χ0v) is 9.98. The summed E-state index contributed by atoms with van der Waals surface area (Å²) >= 11 is 0. The molecular formula is C13H19NO. The van der Waals surface area contributed by atoms with Crippen LogP contribution in [0.15, 0.2) is 6.07 Å². The van der Waals surface area contributed by atoms with E-state index in [-0.39, 0.29) is 6.10 Å². The van der Waals surface area contributed by atoms with Crippen molar-refractivity contribution in [3.63, 3.8) is 0 Å². The highest BCUT2D eigenvalue weighted by Gasteiger charge is 2.22. The van der Waals surface area contributed by atoms with Crippen LogP contribution in [-0.4, -0.2) is 13.3 Å². The van der Waals surface area contributed by atoms with Gasteiger partial charge in [-0.15, -0.1) is 0 Å². The predicted molar refractivity (Wildman–Crippen MR) is 62.1 cm³/mol. The van der Waals surface area contributed by atoms with Crippen molar-refractivity contribution in [1.82, 2.24) is 5.32 Å². The third kappa shape index (κ3) is 1.80. The molecule has 0 aromatic heterocycles. The van der Waals surface area contributed by atoms with E-state index in [1.165, 1.54) is 27.8 Å².